The molecule has 0 aliphatic heterocycles. The lowest BCUT2D eigenvalue weighted by molar-refractivity contribution is 0.430. The first-order valence-corrected chi connectivity index (χ1v) is 5.59. The standard InChI is InChI=1S/C14H14N2O/c1-9(2)11-5-4-10(3)13(6-11)14-7-12(8-15)16-17-14/h4-7,9H,1-3H3. The molecule has 0 unspecified atom stereocenters. The van der Waals surface area contributed by atoms with Crippen molar-refractivity contribution in [2.45, 2.75) is 26.7 Å². The van der Waals surface area contributed by atoms with Crippen LogP contribution in [0.1, 0.15) is 36.6 Å². The van der Waals surface area contributed by atoms with Gasteiger partial charge in [-0.1, -0.05) is 31.1 Å². The van der Waals surface area contributed by atoms with Crippen molar-refractivity contribution in [1.29, 1.82) is 5.26 Å². The van der Waals surface area contributed by atoms with Gasteiger partial charge in [0, 0.05) is 11.6 Å². The summed E-state index contributed by atoms with van der Waals surface area (Å²) in [7, 11) is 0. The summed E-state index contributed by atoms with van der Waals surface area (Å²) in [6.07, 6.45) is 0. The summed E-state index contributed by atoms with van der Waals surface area (Å²) in [5, 5.41) is 12.4. The van der Waals surface area contributed by atoms with E-state index in [4.69, 9.17) is 9.78 Å². The number of benzene rings is 1. The first kappa shape index (κ1) is 11.4. The largest absolute Gasteiger partial charge is 0.355 e. The Bertz CT molecular complexity index is 576. The highest BCUT2D eigenvalue weighted by Crippen LogP contribution is 2.27. The van der Waals surface area contributed by atoms with Crippen molar-refractivity contribution in [2.24, 2.45) is 0 Å². The van der Waals surface area contributed by atoms with Gasteiger partial charge in [0.15, 0.2) is 11.5 Å². The lowest BCUT2D eigenvalue weighted by atomic mass is 9.97. The molecule has 0 atom stereocenters. The van der Waals surface area contributed by atoms with Gasteiger partial charge in [0.05, 0.1) is 0 Å². The molecule has 17 heavy (non-hydrogen) atoms. The van der Waals surface area contributed by atoms with Gasteiger partial charge in [-0.25, -0.2) is 0 Å². The minimum Gasteiger partial charge on any atom is -0.355 e. The Balaban J connectivity index is 2.51. The predicted molar refractivity (Wildman–Crippen MR) is 65.5 cm³/mol. The van der Waals surface area contributed by atoms with E-state index in [9.17, 15) is 0 Å². The van der Waals surface area contributed by atoms with Crippen molar-refractivity contribution >= 4 is 0 Å². The highest BCUT2D eigenvalue weighted by molar-refractivity contribution is 5.63. The second kappa shape index (κ2) is 4.42. The molecular weight excluding hydrogens is 212 g/mol. The van der Waals surface area contributed by atoms with E-state index in [-0.39, 0.29) is 0 Å². The van der Waals surface area contributed by atoms with Crippen molar-refractivity contribution in [2.75, 3.05) is 0 Å². The van der Waals surface area contributed by atoms with Gasteiger partial charge < -0.3 is 4.52 Å². The van der Waals surface area contributed by atoms with Crippen LogP contribution < -0.4 is 0 Å². The van der Waals surface area contributed by atoms with E-state index in [1.54, 1.807) is 6.07 Å². The van der Waals surface area contributed by atoms with Gasteiger partial charge in [-0.2, -0.15) is 5.26 Å². The van der Waals surface area contributed by atoms with Crippen LogP contribution in [0.4, 0.5) is 0 Å². The Morgan fingerprint density at radius 1 is 1.29 bits per heavy atom. The Hall–Kier alpha value is -2.08. The molecule has 0 fully saturated rings. The molecule has 0 saturated heterocycles. The summed E-state index contributed by atoms with van der Waals surface area (Å²) in [4.78, 5) is 0. The van der Waals surface area contributed by atoms with Gasteiger partial charge in [-0.05, 0) is 30.0 Å². The molecule has 0 aliphatic rings. The normalized spacial score (nSPS) is 10.5. The molecule has 2 aromatic rings. The monoisotopic (exact) mass is 226 g/mol. The third-order valence-corrected chi connectivity index (χ3v) is 2.82. The minimum absolute atomic E-state index is 0.314. The Morgan fingerprint density at radius 2 is 2.06 bits per heavy atom. The van der Waals surface area contributed by atoms with E-state index in [0.29, 0.717) is 17.4 Å². The van der Waals surface area contributed by atoms with Crippen LogP contribution in [0.2, 0.25) is 0 Å². The number of nitrogens with zero attached hydrogens (tertiary/aromatic N) is 2. The summed E-state index contributed by atoms with van der Waals surface area (Å²) in [5.41, 5.74) is 3.69. The molecular formula is C14H14N2O. The molecule has 0 radical (unpaired) electrons. The molecule has 3 nitrogen and oxygen atoms in total. The van der Waals surface area contributed by atoms with Gasteiger partial charge >= 0.3 is 0 Å². The van der Waals surface area contributed by atoms with Gasteiger partial charge in [-0.15, -0.1) is 0 Å². The second-order valence-corrected chi connectivity index (χ2v) is 4.42. The van der Waals surface area contributed by atoms with E-state index in [0.717, 1.165) is 11.1 Å². The smallest absolute Gasteiger partial charge is 0.184 e. The predicted octanol–water partition coefficient (Wildman–Crippen LogP) is 3.65. The number of rotatable bonds is 2. The fraction of sp³-hybridized carbons (Fsp3) is 0.286. The van der Waals surface area contributed by atoms with Crippen LogP contribution in [-0.4, -0.2) is 5.16 Å². The zero-order valence-corrected chi connectivity index (χ0v) is 10.2. The van der Waals surface area contributed by atoms with Gasteiger partial charge in [0.2, 0.25) is 0 Å². The number of aromatic nitrogens is 1. The zero-order chi connectivity index (χ0) is 12.4. The maximum atomic E-state index is 8.74. The van der Waals surface area contributed by atoms with E-state index >= 15 is 0 Å². The van der Waals surface area contributed by atoms with Crippen molar-refractivity contribution < 1.29 is 4.52 Å². The number of aryl methyl sites for hydroxylation is 1. The number of hydrogen-bond donors (Lipinski definition) is 0. The molecule has 1 aromatic carbocycles. The molecule has 86 valence electrons. The molecule has 2 rings (SSSR count). The van der Waals surface area contributed by atoms with Crippen molar-refractivity contribution in [3.63, 3.8) is 0 Å². The lowest BCUT2D eigenvalue weighted by Crippen LogP contribution is -1.90. The topological polar surface area (TPSA) is 49.8 Å². The summed E-state index contributed by atoms with van der Waals surface area (Å²) in [5.74, 6) is 1.12. The molecule has 1 aromatic heterocycles. The highest BCUT2D eigenvalue weighted by atomic mass is 16.5. The Kier molecular flexibility index (Phi) is 2.97. The second-order valence-electron chi connectivity index (χ2n) is 4.42. The van der Waals surface area contributed by atoms with E-state index in [1.165, 1.54) is 5.56 Å². The average molecular weight is 226 g/mol. The molecule has 0 bridgehead atoms. The quantitative estimate of drug-likeness (QED) is 0.785. The van der Waals surface area contributed by atoms with Crippen molar-refractivity contribution in [3.05, 3.63) is 41.1 Å². The Morgan fingerprint density at radius 3 is 2.65 bits per heavy atom. The van der Waals surface area contributed by atoms with Crippen LogP contribution >= 0.6 is 0 Å². The van der Waals surface area contributed by atoms with Gasteiger partial charge in [0.1, 0.15) is 6.07 Å². The first-order valence-electron chi connectivity index (χ1n) is 5.59. The van der Waals surface area contributed by atoms with E-state index in [2.05, 4.69) is 37.2 Å². The lowest BCUT2D eigenvalue weighted by Gasteiger charge is -2.08. The minimum atomic E-state index is 0.314. The first-order chi connectivity index (χ1) is 8.11. The van der Waals surface area contributed by atoms with Crippen LogP contribution in [0.3, 0.4) is 0 Å². The number of hydrogen-bond acceptors (Lipinski definition) is 3. The zero-order valence-electron chi connectivity index (χ0n) is 10.2. The molecule has 0 saturated carbocycles. The maximum absolute atomic E-state index is 8.74. The van der Waals surface area contributed by atoms with Crippen LogP contribution in [0.25, 0.3) is 11.3 Å². The van der Waals surface area contributed by atoms with Crippen LogP contribution in [-0.2, 0) is 0 Å². The van der Waals surface area contributed by atoms with Gasteiger partial charge in [-0.3, -0.25) is 0 Å². The summed E-state index contributed by atoms with van der Waals surface area (Å²) < 4.78 is 5.18. The molecule has 0 spiro atoms. The highest BCUT2D eigenvalue weighted by Gasteiger charge is 2.10. The summed E-state index contributed by atoms with van der Waals surface area (Å²) >= 11 is 0. The molecule has 0 aliphatic carbocycles. The molecule has 1 heterocycles. The van der Waals surface area contributed by atoms with Crippen molar-refractivity contribution in [1.82, 2.24) is 5.16 Å². The fourth-order valence-electron chi connectivity index (χ4n) is 1.72. The SMILES string of the molecule is Cc1ccc(C(C)C)cc1-c1cc(C#N)no1. The van der Waals surface area contributed by atoms with Crippen LogP contribution in [0.5, 0.6) is 0 Å². The fourth-order valence-corrected chi connectivity index (χ4v) is 1.72. The maximum Gasteiger partial charge on any atom is 0.184 e. The average Bonchev–Trinajstić information content (AvgIpc) is 2.77. The third kappa shape index (κ3) is 2.21. The van der Waals surface area contributed by atoms with E-state index < -0.39 is 0 Å². The third-order valence-electron chi connectivity index (χ3n) is 2.82. The summed E-state index contributed by atoms with van der Waals surface area (Å²) in [6, 6.07) is 9.93. The molecule has 0 N–H and O–H groups in total. The number of nitriles is 1. The molecule has 0 amide bonds. The Labute approximate surface area is 101 Å². The van der Waals surface area contributed by atoms with Gasteiger partial charge in [0.25, 0.3) is 0 Å². The summed E-state index contributed by atoms with van der Waals surface area (Å²) in [6.45, 7) is 6.32. The van der Waals surface area contributed by atoms with Crippen molar-refractivity contribution in [3.8, 4) is 17.4 Å². The van der Waals surface area contributed by atoms with Crippen LogP contribution in [0.15, 0.2) is 28.8 Å². The molecule has 3 heteroatoms. The van der Waals surface area contributed by atoms with E-state index in [1.807, 2.05) is 13.0 Å². The van der Waals surface area contributed by atoms with Crippen LogP contribution in [0, 0.1) is 18.3 Å².